The largest absolute Gasteiger partial charge is 0.459 e. The first kappa shape index (κ1) is 23.6. The third-order valence-corrected chi connectivity index (χ3v) is 7.26. The lowest BCUT2D eigenvalue weighted by atomic mass is 9.84. The highest BCUT2D eigenvalue weighted by Gasteiger charge is 2.35. The van der Waals surface area contributed by atoms with Gasteiger partial charge in [0.15, 0.2) is 0 Å². The van der Waals surface area contributed by atoms with Crippen molar-refractivity contribution in [2.45, 2.75) is 78.4 Å². The number of carbonyl (C=O) groups excluding carboxylic acids is 1. The van der Waals surface area contributed by atoms with Crippen molar-refractivity contribution in [3.63, 3.8) is 0 Å². The van der Waals surface area contributed by atoms with E-state index in [2.05, 4.69) is 73.0 Å². The van der Waals surface area contributed by atoms with Gasteiger partial charge in [0, 0.05) is 23.0 Å². The van der Waals surface area contributed by atoms with Gasteiger partial charge in [0.1, 0.15) is 11.2 Å². The molecule has 0 spiro atoms. The summed E-state index contributed by atoms with van der Waals surface area (Å²) in [5.41, 5.74) is 6.32. The van der Waals surface area contributed by atoms with Crippen LogP contribution < -0.4 is 0 Å². The van der Waals surface area contributed by atoms with Gasteiger partial charge in [0.05, 0.1) is 11.4 Å². The number of esters is 1. The van der Waals surface area contributed by atoms with E-state index in [1.54, 1.807) is 0 Å². The van der Waals surface area contributed by atoms with Crippen molar-refractivity contribution in [3.8, 4) is 0 Å². The molecule has 5 rings (SSSR count). The summed E-state index contributed by atoms with van der Waals surface area (Å²) >= 11 is 0. The number of ether oxygens (including phenoxy) is 1. The molecule has 182 valence electrons. The summed E-state index contributed by atoms with van der Waals surface area (Å²) in [6.07, 6.45) is 4.58. The molecular formula is C31H36N2O2. The quantitative estimate of drug-likeness (QED) is 0.285. The fraction of sp³-hybridized carbons (Fsp3) is 0.419. The standard InChI is InChI=1S/C31H36N2O2/c1-20-18-21(2)32-29-27(20)25-12-8-9-13-26(25)33(29)19-22-14-16-24(17-15-22)28(23-10-6-7-11-23)30(34)35-31(3,4)5/h8-9,12-18,23,28H,6-7,10-11,19H2,1-5H3. The van der Waals surface area contributed by atoms with Crippen LogP contribution in [0.1, 0.15) is 74.8 Å². The van der Waals surface area contributed by atoms with Crippen molar-refractivity contribution in [1.29, 1.82) is 0 Å². The normalized spacial score (nSPS) is 15.7. The van der Waals surface area contributed by atoms with Crippen LogP contribution in [0.3, 0.4) is 0 Å². The first-order chi connectivity index (χ1) is 16.7. The summed E-state index contributed by atoms with van der Waals surface area (Å²) in [7, 11) is 0. The summed E-state index contributed by atoms with van der Waals surface area (Å²) < 4.78 is 8.17. The highest BCUT2D eigenvalue weighted by Crippen LogP contribution is 2.39. The smallest absolute Gasteiger partial charge is 0.314 e. The SMILES string of the molecule is Cc1cc(C)c2c3ccccc3n(Cc3ccc(C(C(=O)OC(C)(C)C)C4CCCC4)cc3)c2n1. The number of fused-ring (bicyclic) bond motifs is 3. The Kier molecular flexibility index (Phi) is 6.16. The minimum absolute atomic E-state index is 0.0882. The molecule has 0 aliphatic heterocycles. The molecule has 0 N–H and O–H groups in total. The lowest BCUT2D eigenvalue weighted by molar-refractivity contribution is -0.158. The number of benzene rings is 2. The average Bonchev–Trinajstić information content (AvgIpc) is 3.41. The Bertz CT molecular complexity index is 1370. The first-order valence-corrected chi connectivity index (χ1v) is 12.9. The second-order valence-corrected chi connectivity index (χ2v) is 11.2. The zero-order chi connectivity index (χ0) is 24.7. The van der Waals surface area contributed by atoms with Crippen molar-refractivity contribution in [2.24, 2.45) is 5.92 Å². The van der Waals surface area contributed by atoms with Crippen LogP contribution in [0.25, 0.3) is 21.9 Å². The van der Waals surface area contributed by atoms with Gasteiger partial charge >= 0.3 is 5.97 Å². The van der Waals surface area contributed by atoms with Crippen LogP contribution >= 0.6 is 0 Å². The van der Waals surface area contributed by atoms with Crippen LogP contribution in [0, 0.1) is 19.8 Å². The molecule has 0 bridgehead atoms. The molecular weight excluding hydrogens is 432 g/mol. The summed E-state index contributed by atoms with van der Waals surface area (Å²) in [6.45, 7) is 10.8. The van der Waals surface area contributed by atoms with E-state index in [0.717, 1.165) is 36.3 Å². The van der Waals surface area contributed by atoms with E-state index in [-0.39, 0.29) is 11.9 Å². The molecule has 0 radical (unpaired) electrons. The Balaban J connectivity index is 1.49. The Labute approximate surface area is 208 Å². The molecule has 35 heavy (non-hydrogen) atoms. The maximum atomic E-state index is 13.2. The van der Waals surface area contributed by atoms with E-state index in [9.17, 15) is 4.79 Å². The fourth-order valence-electron chi connectivity index (χ4n) is 5.81. The molecule has 4 heteroatoms. The van der Waals surface area contributed by atoms with Gasteiger partial charge in [-0.25, -0.2) is 4.98 Å². The molecule has 4 nitrogen and oxygen atoms in total. The van der Waals surface area contributed by atoms with Crippen molar-refractivity contribution in [2.75, 3.05) is 0 Å². The zero-order valence-corrected chi connectivity index (χ0v) is 21.6. The number of rotatable bonds is 5. The third-order valence-electron chi connectivity index (χ3n) is 7.26. The molecule has 1 atom stereocenters. The lowest BCUT2D eigenvalue weighted by Crippen LogP contribution is -2.30. The molecule has 1 aliphatic rings. The summed E-state index contributed by atoms with van der Waals surface area (Å²) in [5, 5.41) is 2.48. The molecule has 0 amide bonds. The van der Waals surface area contributed by atoms with Crippen LogP contribution in [0.2, 0.25) is 0 Å². The third kappa shape index (κ3) is 4.71. The first-order valence-electron chi connectivity index (χ1n) is 12.9. The van der Waals surface area contributed by atoms with Crippen LogP contribution in [0.15, 0.2) is 54.6 Å². The van der Waals surface area contributed by atoms with E-state index in [4.69, 9.17) is 9.72 Å². The van der Waals surface area contributed by atoms with E-state index in [1.807, 2.05) is 20.8 Å². The molecule has 1 fully saturated rings. The number of aromatic nitrogens is 2. The van der Waals surface area contributed by atoms with E-state index in [1.165, 1.54) is 40.3 Å². The van der Waals surface area contributed by atoms with Gasteiger partial charge in [-0.05, 0) is 82.2 Å². The maximum absolute atomic E-state index is 13.2. The zero-order valence-electron chi connectivity index (χ0n) is 21.6. The van der Waals surface area contributed by atoms with Gasteiger partial charge in [-0.15, -0.1) is 0 Å². The molecule has 0 saturated heterocycles. The molecule has 2 heterocycles. The van der Waals surface area contributed by atoms with Crippen LogP contribution in [0.5, 0.6) is 0 Å². The number of hydrogen-bond donors (Lipinski definition) is 0. The van der Waals surface area contributed by atoms with E-state index < -0.39 is 5.60 Å². The van der Waals surface area contributed by atoms with Gasteiger partial charge in [0.25, 0.3) is 0 Å². The lowest BCUT2D eigenvalue weighted by Gasteiger charge is -2.27. The van der Waals surface area contributed by atoms with Crippen molar-refractivity contribution < 1.29 is 9.53 Å². The molecule has 4 aromatic rings. The second kappa shape index (κ2) is 9.14. The highest BCUT2D eigenvalue weighted by molar-refractivity contribution is 6.08. The van der Waals surface area contributed by atoms with Crippen LogP contribution in [-0.2, 0) is 16.1 Å². The summed E-state index contributed by atoms with van der Waals surface area (Å²) in [4.78, 5) is 18.1. The highest BCUT2D eigenvalue weighted by atomic mass is 16.6. The van der Waals surface area contributed by atoms with Gasteiger partial charge in [-0.1, -0.05) is 55.3 Å². The van der Waals surface area contributed by atoms with E-state index in [0.29, 0.717) is 5.92 Å². The topological polar surface area (TPSA) is 44.1 Å². The second-order valence-electron chi connectivity index (χ2n) is 11.2. The number of para-hydroxylation sites is 1. The number of aryl methyl sites for hydroxylation is 2. The maximum Gasteiger partial charge on any atom is 0.314 e. The molecule has 1 unspecified atom stereocenters. The molecule has 2 aromatic carbocycles. The Hall–Kier alpha value is -3.14. The Morgan fingerprint density at radius 3 is 2.43 bits per heavy atom. The number of pyridine rings is 1. The Morgan fingerprint density at radius 1 is 1.06 bits per heavy atom. The van der Waals surface area contributed by atoms with Crippen molar-refractivity contribution in [1.82, 2.24) is 9.55 Å². The predicted molar refractivity (Wildman–Crippen MR) is 143 cm³/mol. The van der Waals surface area contributed by atoms with Crippen LogP contribution in [-0.4, -0.2) is 21.1 Å². The van der Waals surface area contributed by atoms with E-state index >= 15 is 0 Å². The molecule has 1 saturated carbocycles. The minimum Gasteiger partial charge on any atom is -0.459 e. The minimum atomic E-state index is -0.478. The molecule has 1 aliphatic carbocycles. The summed E-state index contributed by atoms with van der Waals surface area (Å²) in [5.74, 6) is 0.0869. The van der Waals surface area contributed by atoms with Gasteiger partial charge in [-0.3, -0.25) is 4.79 Å². The molecule has 2 aromatic heterocycles. The van der Waals surface area contributed by atoms with Gasteiger partial charge in [-0.2, -0.15) is 0 Å². The van der Waals surface area contributed by atoms with Crippen molar-refractivity contribution >= 4 is 27.9 Å². The fourth-order valence-corrected chi connectivity index (χ4v) is 5.81. The summed E-state index contributed by atoms with van der Waals surface area (Å²) in [6, 6.07) is 19.3. The van der Waals surface area contributed by atoms with Gasteiger partial charge < -0.3 is 9.30 Å². The van der Waals surface area contributed by atoms with Crippen LogP contribution in [0.4, 0.5) is 0 Å². The van der Waals surface area contributed by atoms with Crippen molar-refractivity contribution in [3.05, 3.63) is 77.0 Å². The number of hydrogen-bond acceptors (Lipinski definition) is 3. The Morgan fingerprint density at radius 2 is 1.74 bits per heavy atom. The number of carbonyl (C=O) groups is 1. The predicted octanol–water partition coefficient (Wildman–Crippen LogP) is 7.47. The van der Waals surface area contributed by atoms with Gasteiger partial charge in [0.2, 0.25) is 0 Å². The monoisotopic (exact) mass is 468 g/mol. The number of nitrogens with zero attached hydrogens (tertiary/aromatic N) is 2. The average molecular weight is 469 g/mol.